The van der Waals surface area contributed by atoms with Gasteiger partial charge in [-0.25, -0.2) is 4.79 Å². The van der Waals surface area contributed by atoms with E-state index >= 15 is 0 Å². The Morgan fingerprint density at radius 1 is 1.04 bits per heavy atom. The summed E-state index contributed by atoms with van der Waals surface area (Å²) in [5, 5.41) is 9.02. The first-order valence-electron chi connectivity index (χ1n) is 9.07. The minimum absolute atomic E-state index is 0.204. The van der Waals surface area contributed by atoms with Crippen LogP contribution in [0.1, 0.15) is 31.2 Å². The van der Waals surface area contributed by atoms with Crippen molar-refractivity contribution in [2.75, 3.05) is 26.2 Å². The summed E-state index contributed by atoms with van der Waals surface area (Å²) in [6, 6.07) is 7.08. The summed E-state index contributed by atoms with van der Waals surface area (Å²) in [7, 11) is -3.72. The maximum absolute atomic E-state index is 12.4. The van der Waals surface area contributed by atoms with Crippen molar-refractivity contribution in [2.45, 2.75) is 49.6 Å². The molecule has 0 atom stereocenters. The van der Waals surface area contributed by atoms with Gasteiger partial charge in [0.15, 0.2) is 0 Å². The first-order chi connectivity index (χ1) is 12.3. The Bertz CT molecular complexity index is 718. The first kappa shape index (κ1) is 19.1. The number of amides is 1. The van der Waals surface area contributed by atoms with Gasteiger partial charge in [-0.2, -0.15) is 8.42 Å². The lowest BCUT2D eigenvalue weighted by Gasteiger charge is -2.41. The largest absolute Gasteiger partial charge is 0.465 e. The lowest BCUT2D eigenvalue weighted by molar-refractivity contribution is 0.0530. The number of hydrogen-bond acceptors (Lipinski definition) is 5. The highest BCUT2D eigenvalue weighted by molar-refractivity contribution is 7.86. The molecule has 7 nitrogen and oxygen atoms in total. The molecule has 26 heavy (non-hydrogen) atoms. The number of rotatable bonds is 4. The monoisotopic (exact) mass is 382 g/mol. The van der Waals surface area contributed by atoms with Gasteiger partial charge in [-0.1, -0.05) is 17.7 Å². The molecule has 1 aromatic rings. The second-order valence-electron chi connectivity index (χ2n) is 7.10. The van der Waals surface area contributed by atoms with Crippen LogP contribution in [0.2, 0.25) is 0 Å². The van der Waals surface area contributed by atoms with Crippen molar-refractivity contribution in [3.05, 3.63) is 29.8 Å². The number of piperazine rings is 1. The van der Waals surface area contributed by atoms with Gasteiger partial charge >= 0.3 is 6.09 Å². The molecule has 1 saturated heterocycles. The fourth-order valence-corrected chi connectivity index (χ4v) is 4.86. The molecular formula is C18H26N2O5S. The van der Waals surface area contributed by atoms with E-state index < -0.39 is 16.2 Å². The van der Waals surface area contributed by atoms with Crippen LogP contribution in [-0.4, -0.2) is 67.7 Å². The van der Waals surface area contributed by atoms with Gasteiger partial charge in [-0.05, 0) is 44.7 Å². The molecule has 2 fully saturated rings. The standard InChI is InChI=1S/C18H26N2O5S/c1-14-2-8-17(9-3-14)26(23,24)25-16-6-4-15(5-7-16)19-10-12-20(13-11-19)18(21)22/h2-3,8-9,15-16H,4-7,10-13H2,1H3,(H,21,22). The maximum atomic E-state index is 12.4. The number of hydrogen-bond donors (Lipinski definition) is 1. The summed E-state index contributed by atoms with van der Waals surface area (Å²) in [6.07, 6.45) is 2.02. The Balaban J connectivity index is 1.49. The topological polar surface area (TPSA) is 87.2 Å². The third-order valence-corrected chi connectivity index (χ3v) is 6.69. The Labute approximate surface area is 154 Å². The minimum Gasteiger partial charge on any atom is -0.465 e. The summed E-state index contributed by atoms with van der Waals surface area (Å²) in [5.41, 5.74) is 1.01. The molecule has 1 aromatic carbocycles. The summed E-state index contributed by atoms with van der Waals surface area (Å²) >= 11 is 0. The molecule has 1 amide bonds. The fourth-order valence-electron chi connectivity index (χ4n) is 3.72. The molecule has 1 aliphatic carbocycles. The quantitative estimate of drug-likeness (QED) is 0.804. The Morgan fingerprint density at radius 3 is 2.15 bits per heavy atom. The van der Waals surface area contributed by atoms with E-state index in [4.69, 9.17) is 9.29 Å². The molecule has 1 heterocycles. The van der Waals surface area contributed by atoms with Crippen LogP contribution in [0.15, 0.2) is 29.2 Å². The highest BCUT2D eigenvalue weighted by Crippen LogP contribution is 2.28. The number of aryl methyl sites for hydroxylation is 1. The average Bonchev–Trinajstić information content (AvgIpc) is 2.62. The normalized spacial score (nSPS) is 25.2. The van der Waals surface area contributed by atoms with Gasteiger partial charge in [0.1, 0.15) is 0 Å². The zero-order chi connectivity index (χ0) is 18.7. The predicted octanol–water partition coefficient (Wildman–Crippen LogP) is 2.31. The van der Waals surface area contributed by atoms with Crippen LogP contribution in [0, 0.1) is 6.92 Å². The summed E-state index contributed by atoms with van der Waals surface area (Å²) < 4.78 is 30.3. The fraction of sp³-hybridized carbons (Fsp3) is 0.611. The number of carbonyl (C=O) groups is 1. The van der Waals surface area contributed by atoms with Crippen molar-refractivity contribution in [1.29, 1.82) is 0 Å². The highest BCUT2D eigenvalue weighted by Gasteiger charge is 2.31. The van der Waals surface area contributed by atoms with Gasteiger partial charge in [-0.15, -0.1) is 0 Å². The van der Waals surface area contributed by atoms with E-state index in [0.29, 0.717) is 32.0 Å². The van der Waals surface area contributed by atoms with E-state index in [9.17, 15) is 13.2 Å². The summed E-state index contributed by atoms with van der Waals surface area (Å²) in [6.45, 7) is 4.46. The number of carboxylic acid groups (broad SMARTS) is 1. The molecule has 0 aromatic heterocycles. The second kappa shape index (κ2) is 7.94. The third kappa shape index (κ3) is 4.55. The smallest absolute Gasteiger partial charge is 0.407 e. The zero-order valence-electron chi connectivity index (χ0n) is 15.0. The molecule has 1 saturated carbocycles. The first-order valence-corrected chi connectivity index (χ1v) is 10.5. The van der Waals surface area contributed by atoms with Crippen molar-refractivity contribution in [3.63, 3.8) is 0 Å². The van der Waals surface area contributed by atoms with Crippen LogP contribution in [0.25, 0.3) is 0 Å². The SMILES string of the molecule is Cc1ccc(S(=O)(=O)OC2CCC(N3CCN(C(=O)O)CC3)CC2)cc1. The van der Waals surface area contributed by atoms with Crippen LogP contribution >= 0.6 is 0 Å². The Kier molecular flexibility index (Phi) is 5.84. The summed E-state index contributed by atoms with van der Waals surface area (Å²) in [5.74, 6) is 0. The molecule has 8 heteroatoms. The van der Waals surface area contributed by atoms with Gasteiger partial charge in [0.2, 0.25) is 0 Å². The molecular weight excluding hydrogens is 356 g/mol. The van der Waals surface area contributed by atoms with Crippen LogP contribution in [0.5, 0.6) is 0 Å². The van der Waals surface area contributed by atoms with Crippen LogP contribution in [0.3, 0.4) is 0 Å². The van der Waals surface area contributed by atoms with Gasteiger partial charge in [0.25, 0.3) is 10.1 Å². The van der Waals surface area contributed by atoms with Crippen LogP contribution in [-0.2, 0) is 14.3 Å². The van der Waals surface area contributed by atoms with Gasteiger partial charge in [0.05, 0.1) is 11.0 Å². The van der Waals surface area contributed by atoms with Crippen LogP contribution in [0.4, 0.5) is 4.79 Å². The van der Waals surface area contributed by atoms with Crippen molar-refractivity contribution in [2.24, 2.45) is 0 Å². The van der Waals surface area contributed by atoms with E-state index in [1.165, 1.54) is 4.90 Å². The number of nitrogens with zero attached hydrogens (tertiary/aromatic N) is 2. The minimum atomic E-state index is -3.72. The zero-order valence-corrected chi connectivity index (χ0v) is 15.8. The van der Waals surface area contributed by atoms with Crippen molar-refractivity contribution in [1.82, 2.24) is 9.80 Å². The predicted molar refractivity (Wildman–Crippen MR) is 96.7 cm³/mol. The molecule has 1 aliphatic heterocycles. The molecule has 3 rings (SSSR count). The molecule has 144 valence electrons. The van der Waals surface area contributed by atoms with E-state index in [2.05, 4.69) is 4.90 Å². The number of benzene rings is 1. The van der Waals surface area contributed by atoms with Crippen molar-refractivity contribution < 1.29 is 22.5 Å². The molecule has 0 bridgehead atoms. The molecule has 0 unspecified atom stereocenters. The lowest BCUT2D eigenvalue weighted by atomic mass is 9.91. The van der Waals surface area contributed by atoms with Gasteiger partial charge in [-0.3, -0.25) is 9.08 Å². The van der Waals surface area contributed by atoms with Gasteiger partial charge in [0, 0.05) is 32.2 Å². The van der Waals surface area contributed by atoms with Crippen LogP contribution < -0.4 is 0 Å². The average molecular weight is 382 g/mol. The third-order valence-electron chi connectivity index (χ3n) is 5.32. The van der Waals surface area contributed by atoms with Crippen molar-refractivity contribution in [3.8, 4) is 0 Å². The second-order valence-corrected chi connectivity index (χ2v) is 8.67. The summed E-state index contributed by atoms with van der Waals surface area (Å²) in [4.78, 5) is 15.0. The van der Waals surface area contributed by atoms with E-state index in [0.717, 1.165) is 31.5 Å². The Morgan fingerprint density at radius 2 is 1.62 bits per heavy atom. The van der Waals surface area contributed by atoms with E-state index in [1.807, 2.05) is 6.92 Å². The molecule has 0 spiro atoms. The molecule has 1 N–H and O–H groups in total. The van der Waals surface area contributed by atoms with Gasteiger partial charge < -0.3 is 10.0 Å². The van der Waals surface area contributed by atoms with E-state index in [-0.39, 0.29) is 11.0 Å². The van der Waals surface area contributed by atoms with E-state index in [1.54, 1.807) is 24.3 Å². The maximum Gasteiger partial charge on any atom is 0.407 e. The molecule has 2 aliphatic rings. The lowest BCUT2D eigenvalue weighted by Crippen LogP contribution is -2.52. The Hall–Kier alpha value is -1.64. The molecule has 0 radical (unpaired) electrons. The van der Waals surface area contributed by atoms with Crippen molar-refractivity contribution >= 4 is 16.2 Å². The highest BCUT2D eigenvalue weighted by atomic mass is 32.2.